The zero-order chi connectivity index (χ0) is 11.7. The first-order valence-electron chi connectivity index (χ1n) is 4.54. The minimum absolute atomic E-state index is 0.168. The molecular formula is C8H16N2O5. The van der Waals surface area contributed by atoms with Crippen molar-refractivity contribution in [2.24, 2.45) is 0 Å². The van der Waals surface area contributed by atoms with Gasteiger partial charge in [-0.3, -0.25) is 4.84 Å². The minimum Gasteiger partial charge on any atom is -0.479 e. The fourth-order valence-electron chi connectivity index (χ4n) is 0.753. The first-order valence-corrected chi connectivity index (χ1v) is 4.54. The number of carbonyl (C=O) groups excluding carboxylic acids is 1. The molecule has 1 atom stereocenters. The fraction of sp³-hybridized carbons (Fsp3) is 0.750. The molecule has 0 aliphatic carbocycles. The molecule has 0 aromatic carbocycles. The summed E-state index contributed by atoms with van der Waals surface area (Å²) in [5, 5.41) is 10.7. The van der Waals surface area contributed by atoms with Gasteiger partial charge in [-0.25, -0.2) is 15.1 Å². The lowest BCUT2D eigenvalue weighted by Crippen LogP contribution is -2.43. The number of urea groups is 1. The SMILES string of the molecule is CCOCC(C)NC(=O)NOCC(=O)O. The van der Waals surface area contributed by atoms with Crippen molar-refractivity contribution in [1.82, 2.24) is 10.8 Å². The monoisotopic (exact) mass is 220 g/mol. The lowest BCUT2D eigenvalue weighted by atomic mass is 10.4. The van der Waals surface area contributed by atoms with Crippen molar-refractivity contribution in [2.45, 2.75) is 19.9 Å². The van der Waals surface area contributed by atoms with E-state index in [1.807, 2.05) is 12.4 Å². The fourth-order valence-corrected chi connectivity index (χ4v) is 0.753. The largest absolute Gasteiger partial charge is 0.479 e. The van der Waals surface area contributed by atoms with E-state index in [0.29, 0.717) is 13.2 Å². The molecule has 0 aliphatic heterocycles. The summed E-state index contributed by atoms with van der Waals surface area (Å²) in [7, 11) is 0. The van der Waals surface area contributed by atoms with Crippen molar-refractivity contribution < 1.29 is 24.3 Å². The lowest BCUT2D eigenvalue weighted by Gasteiger charge is -2.13. The van der Waals surface area contributed by atoms with Gasteiger partial charge in [-0.15, -0.1) is 0 Å². The molecule has 88 valence electrons. The molecule has 0 fully saturated rings. The summed E-state index contributed by atoms with van der Waals surface area (Å²) in [4.78, 5) is 25.4. The van der Waals surface area contributed by atoms with Crippen LogP contribution in [0.2, 0.25) is 0 Å². The summed E-state index contributed by atoms with van der Waals surface area (Å²) in [5.74, 6) is -1.15. The van der Waals surface area contributed by atoms with Crippen LogP contribution < -0.4 is 10.8 Å². The van der Waals surface area contributed by atoms with Crippen LogP contribution in [0.5, 0.6) is 0 Å². The molecule has 0 rings (SSSR count). The van der Waals surface area contributed by atoms with E-state index in [1.165, 1.54) is 0 Å². The molecule has 0 radical (unpaired) electrons. The first kappa shape index (κ1) is 13.7. The Morgan fingerprint density at radius 2 is 2.13 bits per heavy atom. The molecule has 0 saturated carbocycles. The highest BCUT2D eigenvalue weighted by Crippen LogP contribution is 1.84. The molecule has 0 saturated heterocycles. The van der Waals surface area contributed by atoms with E-state index in [1.54, 1.807) is 6.92 Å². The summed E-state index contributed by atoms with van der Waals surface area (Å²) < 4.78 is 5.06. The molecular weight excluding hydrogens is 204 g/mol. The van der Waals surface area contributed by atoms with Gasteiger partial charge in [0.25, 0.3) is 0 Å². The van der Waals surface area contributed by atoms with Gasteiger partial charge in [-0.1, -0.05) is 0 Å². The minimum atomic E-state index is -1.15. The molecule has 0 aromatic rings. The Hall–Kier alpha value is -1.34. The van der Waals surface area contributed by atoms with Crippen LogP contribution in [-0.2, 0) is 14.4 Å². The third-order valence-corrected chi connectivity index (χ3v) is 1.31. The number of carboxylic acids is 1. The Morgan fingerprint density at radius 3 is 2.67 bits per heavy atom. The van der Waals surface area contributed by atoms with Gasteiger partial charge < -0.3 is 15.2 Å². The van der Waals surface area contributed by atoms with E-state index in [4.69, 9.17) is 9.84 Å². The molecule has 0 aliphatic rings. The van der Waals surface area contributed by atoms with Crippen LogP contribution in [-0.4, -0.2) is 43.0 Å². The summed E-state index contributed by atoms with van der Waals surface area (Å²) in [6.07, 6.45) is 0. The third kappa shape index (κ3) is 8.98. The predicted molar refractivity (Wildman–Crippen MR) is 51.2 cm³/mol. The van der Waals surface area contributed by atoms with Crippen molar-refractivity contribution >= 4 is 12.0 Å². The van der Waals surface area contributed by atoms with Crippen LogP contribution in [0.25, 0.3) is 0 Å². The Morgan fingerprint density at radius 1 is 1.47 bits per heavy atom. The highest BCUT2D eigenvalue weighted by Gasteiger charge is 2.07. The number of ether oxygens (including phenoxy) is 1. The van der Waals surface area contributed by atoms with Gasteiger partial charge in [-0.2, -0.15) is 0 Å². The molecule has 0 heterocycles. The maximum Gasteiger partial charge on any atom is 0.339 e. The van der Waals surface area contributed by atoms with Crippen LogP contribution in [0.1, 0.15) is 13.8 Å². The van der Waals surface area contributed by atoms with Gasteiger partial charge in [0.1, 0.15) is 0 Å². The van der Waals surface area contributed by atoms with Gasteiger partial charge in [0.05, 0.1) is 12.6 Å². The van der Waals surface area contributed by atoms with Crippen LogP contribution in [0.4, 0.5) is 4.79 Å². The number of rotatable bonds is 7. The van der Waals surface area contributed by atoms with Crippen molar-refractivity contribution in [1.29, 1.82) is 0 Å². The summed E-state index contributed by atoms with van der Waals surface area (Å²) in [5.41, 5.74) is 1.93. The van der Waals surface area contributed by atoms with E-state index >= 15 is 0 Å². The highest BCUT2D eigenvalue weighted by atomic mass is 16.7. The Bertz CT molecular complexity index is 209. The maximum absolute atomic E-state index is 11.0. The number of carbonyl (C=O) groups is 2. The topological polar surface area (TPSA) is 96.9 Å². The van der Waals surface area contributed by atoms with Gasteiger partial charge in [0.15, 0.2) is 6.61 Å². The van der Waals surface area contributed by atoms with E-state index in [-0.39, 0.29) is 6.04 Å². The predicted octanol–water partition coefficient (Wildman–Crippen LogP) is -0.273. The number of amides is 2. The molecule has 1 unspecified atom stereocenters. The van der Waals surface area contributed by atoms with Gasteiger partial charge in [0.2, 0.25) is 0 Å². The van der Waals surface area contributed by atoms with E-state index < -0.39 is 18.6 Å². The standard InChI is InChI=1S/C8H16N2O5/c1-3-14-4-6(2)9-8(13)10-15-5-7(11)12/h6H,3-5H2,1-2H3,(H,11,12)(H2,9,10,13). The number of hydroxylamine groups is 1. The molecule has 15 heavy (non-hydrogen) atoms. The molecule has 0 spiro atoms. The summed E-state index contributed by atoms with van der Waals surface area (Å²) in [6.45, 7) is 3.99. The van der Waals surface area contributed by atoms with Crippen LogP contribution in [0.3, 0.4) is 0 Å². The Balaban J connectivity index is 3.50. The van der Waals surface area contributed by atoms with E-state index in [0.717, 1.165) is 0 Å². The smallest absolute Gasteiger partial charge is 0.339 e. The average Bonchev–Trinajstić information content (AvgIpc) is 2.14. The number of hydrogen-bond acceptors (Lipinski definition) is 4. The lowest BCUT2D eigenvalue weighted by molar-refractivity contribution is -0.144. The number of nitrogens with one attached hydrogen (secondary N) is 2. The van der Waals surface area contributed by atoms with Crippen LogP contribution in [0, 0.1) is 0 Å². The van der Waals surface area contributed by atoms with Crippen molar-refractivity contribution in [3.8, 4) is 0 Å². The Labute approximate surface area is 87.7 Å². The van der Waals surface area contributed by atoms with Crippen LogP contribution >= 0.6 is 0 Å². The summed E-state index contributed by atoms with van der Waals surface area (Å²) in [6, 6.07) is -0.762. The van der Waals surface area contributed by atoms with E-state index in [9.17, 15) is 9.59 Å². The van der Waals surface area contributed by atoms with Crippen LogP contribution in [0.15, 0.2) is 0 Å². The second-order valence-corrected chi connectivity index (χ2v) is 2.82. The molecule has 7 heteroatoms. The van der Waals surface area contributed by atoms with Crippen molar-refractivity contribution in [3.05, 3.63) is 0 Å². The normalized spacial score (nSPS) is 11.9. The molecule has 0 bridgehead atoms. The molecule has 3 N–H and O–H groups in total. The van der Waals surface area contributed by atoms with E-state index in [2.05, 4.69) is 10.2 Å². The zero-order valence-electron chi connectivity index (χ0n) is 8.78. The quantitative estimate of drug-likeness (QED) is 0.513. The highest BCUT2D eigenvalue weighted by molar-refractivity contribution is 5.73. The molecule has 0 aromatic heterocycles. The first-order chi connectivity index (χ1) is 7.06. The second kappa shape index (κ2) is 8.01. The van der Waals surface area contributed by atoms with Gasteiger partial charge in [0, 0.05) is 6.61 Å². The van der Waals surface area contributed by atoms with Crippen molar-refractivity contribution in [2.75, 3.05) is 19.8 Å². The average molecular weight is 220 g/mol. The van der Waals surface area contributed by atoms with Crippen molar-refractivity contribution in [3.63, 3.8) is 0 Å². The number of aliphatic carboxylic acids is 1. The Kier molecular flexibility index (Phi) is 7.29. The third-order valence-electron chi connectivity index (χ3n) is 1.31. The number of hydrogen-bond donors (Lipinski definition) is 3. The second-order valence-electron chi connectivity index (χ2n) is 2.82. The maximum atomic E-state index is 11.0. The van der Waals surface area contributed by atoms with Gasteiger partial charge >= 0.3 is 12.0 Å². The number of carboxylic acid groups (broad SMARTS) is 1. The molecule has 7 nitrogen and oxygen atoms in total. The summed E-state index contributed by atoms with van der Waals surface area (Å²) >= 11 is 0. The molecule has 2 amide bonds. The zero-order valence-corrected chi connectivity index (χ0v) is 8.78. The van der Waals surface area contributed by atoms with Gasteiger partial charge in [-0.05, 0) is 13.8 Å².